The molecule has 2 saturated heterocycles. The summed E-state index contributed by atoms with van der Waals surface area (Å²) in [5.41, 5.74) is 0. The van der Waals surface area contributed by atoms with Gasteiger partial charge in [0, 0.05) is 6.66 Å². The SMILES string of the molecule is COC(=O)C1C2CCC(O2)C1C(=O)OCP(C)(=O)O. The van der Waals surface area contributed by atoms with Gasteiger partial charge in [0.05, 0.1) is 31.2 Å². The van der Waals surface area contributed by atoms with E-state index in [4.69, 9.17) is 14.4 Å². The van der Waals surface area contributed by atoms with Gasteiger partial charge in [-0.25, -0.2) is 0 Å². The third kappa shape index (κ3) is 2.99. The van der Waals surface area contributed by atoms with E-state index in [2.05, 4.69) is 4.74 Å². The van der Waals surface area contributed by atoms with Gasteiger partial charge in [0.15, 0.2) is 6.35 Å². The molecule has 2 aliphatic rings. The zero-order chi connectivity index (χ0) is 14.2. The minimum Gasteiger partial charge on any atom is -0.469 e. The van der Waals surface area contributed by atoms with E-state index < -0.39 is 37.5 Å². The monoisotopic (exact) mass is 292 g/mol. The molecule has 1 N–H and O–H groups in total. The molecule has 0 amide bonds. The van der Waals surface area contributed by atoms with E-state index in [-0.39, 0.29) is 12.2 Å². The first-order valence-corrected chi connectivity index (χ1v) is 8.32. The van der Waals surface area contributed by atoms with Crippen LogP contribution in [0.25, 0.3) is 0 Å². The Hall–Kier alpha value is -0.910. The first-order valence-electron chi connectivity index (χ1n) is 6.02. The summed E-state index contributed by atoms with van der Waals surface area (Å²) >= 11 is 0. The Morgan fingerprint density at radius 3 is 2.26 bits per heavy atom. The number of hydrogen-bond donors (Lipinski definition) is 1. The fourth-order valence-electron chi connectivity index (χ4n) is 2.69. The predicted molar refractivity (Wildman–Crippen MR) is 63.6 cm³/mol. The van der Waals surface area contributed by atoms with E-state index in [9.17, 15) is 14.2 Å². The maximum atomic E-state index is 12.0. The minimum atomic E-state index is -3.43. The van der Waals surface area contributed by atoms with Gasteiger partial charge in [0.25, 0.3) is 0 Å². The van der Waals surface area contributed by atoms with Crippen molar-refractivity contribution in [2.24, 2.45) is 11.8 Å². The van der Waals surface area contributed by atoms with Crippen molar-refractivity contribution in [3.8, 4) is 0 Å². The van der Waals surface area contributed by atoms with Crippen LogP contribution in [0.3, 0.4) is 0 Å². The molecule has 0 saturated carbocycles. The molecule has 2 aliphatic heterocycles. The largest absolute Gasteiger partial charge is 0.469 e. The minimum absolute atomic E-state index is 0.322. The van der Waals surface area contributed by atoms with Gasteiger partial charge in [-0.3, -0.25) is 14.2 Å². The topological polar surface area (TPSA) is 99.1 Å². The van der Waals surface area contributed by atoms with E-state index >= 15 is 0 Å². The molecule has 0 aromatic heterocycles. The highest BCUT2D eigenvalue weighted by Gasteiger charge is 2.56. The number of methoxy groups -OCH3 is 1. The molecule has 7 nitrogen and oxygen atoms in total. The van der Waals surface area contributed by atoms with Gasteiger partial charge in [-0.2, -0.15) is 0 Å². The van der Waals surface area contributed by atoms with Crippen LogP contribution in [0.1, 0.15) is 12.8 Å². The molecule has 0 aromatic rings. The van der Waals surface area contributed by atoms with Crippen molar-refractivity contribution in [1.82, 2.24) is 0 Å². The Morgan fingerprint density at radius 1 is 1.26 bits per heavy atom. The number of fused-ring (bicyclic) bond motifs is 2. The summed E-state index contributed by atoms with van der Waals surface area (Å²) in [5.74, 6) is -2.58. The van der Waals surface area contributed by atoms with Crippen LogP contribution in [0.4, 0.5) is 0 Å². The molecule has 0 radical (unpaired) electrons. The first-order chi connectivity index (χ1) is 8.83. The molecule has 0 spiro atoms. The number of rotatable bonds is 4. The van der Waals surface area contributed by atoms with Gasteiger partial charge in [0.2, 0.25) is 7.37 Å². The lowest BCUT2D eigenvalue weighted by Gasteiger charge is -2.24. The molecule has 2 bridgehead atoms. The van der Waals surface area contributed by atoms with E-state index in [1.807, 2.05) is 0 Å². The summed E-state index contributed by atoms with van der Waals surface area (Å²) in [7, 11) is -2.17. The van der Waals surface area contributed by atoms with Crippen molar-refractivity contribution in [2.75, 3.05) is 20.1 Å². The fraction of sp³-hybridized carbons (Fsp3) is 0.818. The zero-order valence-corrected chi connectivity index (χ0v) is 11.7. The second-order valence-electron chi connectivity index (χ2n) is 5.01. The van der Waals surface area contributed by atoms with Crippen LogP contribution in [0.5, 0.6) is 0 Å². The molecule has 2 heterocycles. The fourth-order valence-corrected chi connectivity index (χ4v) is 3.06. The number of carbonyl (C=O) groups excluding carboxylic acids is 2. The summed E-state index contributed by atoms with van der Waals surface area (Å²) in [6.07, 6.45) is 0.156. The maximum absolute atomic E-state index is 12.0. The summed E-state index contributed by atoms with van der Waals surface area (Å²) in [5, 5.41) is 0. The molecule has 2 rings (SSSR count). The molecule has 19 heavy (non-hydrogen) atoms. The summed E-state index contributed by atoms with van der Waals surface area (Å²) in [6.45, 7) is 1.11. The lowest BCUT2D eigenvalue weighted by molar-refractivity contribution is -0.158. The summed E-state index contributed by atoms with van der Waals surface area (Å²) < 4.78 is 26.2. The third-order valence-corrected chi connectivity index (χ3v) is 4.07. The molecule has 5 atom stereocenters. The van der Waals surface area contributed by atoms with Crippen LogP contribution in [0.2, 0.25) is 0 Å². The maximum Gasteiger partial charge on any atom is 0.313 e. The molecular formula is C11H17O7P. The van der Waals surface area contributed by atoms with Crippen LogP contribution in [0.15, 0.2) is 0 Å². The van der Waals surface area contributed by atoms with Gasteiger partial charge >= 0.3 is 11.9 Å². The van der Waals surface area contributed by atoms with E-state index in [1.165, 1.54) is 7.11 Å². The lowest BCUT2D eigenvalue weighted by Crippen LogP contribution is -2.39. The molecule has 5 unspecified atom stereocenters. The van der Waals surface area contributed by atoms with Crippen molar-refractivity contribution in [1.29, 1.82) is 0 Å². The van der Waals surface area contributed by atoms with Crippen LogP contribution in [-0.2, 0) is 28.4 Å². The van der Waals surface area contributed by atoms with E-state index in [0.717, 1.165) is 6.66 Å². The van der Waals surface area contributed by atoms with Crippen molar-refractivity contribution in [2.45, 2.75) is 25.0 Å². The Morgan fingerprint density at radius 2 is 1.79 bits per heavy atom. The van der Waals surface area contributed by atoms with E-state index in [1.54, 1.807) is 0 Å². The van der Waals surface area contributed by atoms with Crippen molar-refractivity contribution in [3.05, 3.63) is 0 Å². The normalized spacial score (nSPS) is 35.7. The van der Waals surface area contributed by atoms with Crippen molar-refractivity contribution in [3.63, 3.8) is 0 Å². The Kier molecular flexibility index (Phi) is 3.99. The van der Waals surface area contributed by atoms with Gasteiger partial charge in [-0.1, -0.05) is 0 Å². The standard InChI is InChI=1S/C11H17O7P/c1-16-10(12)8-6-3-4-7(18-6)9(8)11(13)17-5-19(2,14)15/h6-9H,3-5H2,1-2H3,(H,14,15). The van der Waals surface area contributed by atoms with Gasteiger partial charge in [-0.05, 0) is 12.8 Å². The first kappa shape index (κ1) is 14.5. The smallest absolute Gasteiger partial charge is 0.313 e. The number of hydrogen-bond acceptors (Lipinski definition) is 6. The molecule has 8 heteroatoms. The summed E-state index contributed by atoms with van der Waals surface area (Å²) in [6, 6.07) is 0. The van der Waals surface area contributed by atoms with Gasteiger partial charge in [0.1, 0.15) is 0 Å². The Balaban J connectivity index is 2.06. The van der Waals surface area contributed by atoms with Crippen molar-refractivity contribution < 1.29 is 33.3 Å². The van der Waals surface area contributed by atoms with Gasteiger partial charge in [-0.15, -0.1) is 0 Å². The third-order valence-electron chi connectivity index (χ3n) is 3.47. The number of esters is 2. The predicted octanol–water partition coefficient (Wildman–Crippen LogP) is 0.354. The average molecular weight is 292 g/mol. The van der Waals surface area contributed by atoms with Crippen LogP contribution in [-0.4, -0.2) is 49.2 Å². The highest BCUT2D eigenvalue weighted by Crippen LogP contribution is 2.45. The van der Waals surface area contributed by atoms with Gasteiger partial charge < -0.3 is 19.1 Å². The Labute approximate surface area is 110 Å². The molecule has 2 fully saturated rings. The highest BCUT2D eigenvalue weighted by molar-refractivity contribution is 7.56. The van der Waals surface area contributed by atoms with E-state index in [0.29, 0.717) is 12.8 Å². The molecular weight excluding hydrogens is 275 g/mol. The molecule has 0 aliphatic carbocycles. The van der Waals surface area contributed by atoms with Crippen LogP contribution in [0, 0.1) is 11.8 Å². The Bertz CT molecular complexity index is 429. The second-order valence-corrected chi connectivity index (χ2v) is 7.37. The molecule has 0 aromatic carbocycles. The lowest BCUT2D eigenvalue weighted by atomic mass is 9.79. The second kappa shape index (κ2) is 5.23. The highest BCUT2D eigenvalue weighted by atomic mass is 31.2. The van der Waals surface area contributed by atoms with Crippen LogP contribution >= 0.6 is 7.37 Å². The quantitative estimate of drug-likeness (QED) is 0.589. The molecule has 108 valence electrons. The van der Waals surface area contributed by atoms with Crippen LogP contribution < -0.4 is 0 Å². The van der Waals surface area contributed by atoms with Crippen molar-refractivity contribution >= 4 is 19.3 Å². The number of ether oxygens (including phenoxy) is 3. The number of carbonyl (C=O) groups is 2. The zero-order valence-electron chi connectivity index (χ0n) is 10.8. The average Bonchev–Trinajstić information content (AvgIpc) is 2.93. The summed E-state index contributed by atoms with van der Waals surface area (Å²) in [4.78, 5) is 32.8.